The zero-order valence-corrected chi connectivity index (χ0v) is 16.0. The fraction of sp³-hybridized carbons (Fsp3) is 0.316. The summed E-state index contributed by atoms with van der Waals surface area (Å²) in [5, 5.41) is 2.82. The minimum absolute atomic E-state index is 0.278. The van der Waals surface area contributed by atoms with Gasteiger partial charge in [0.15, 0.2) is 0 Å². The van der Waals surface area contributed by atoms with Crippen LogP contribution in [-0.2, 0) is 21.4 Å². The van der Waals surface area contributed by atoms with Gasteiger partial charge < -0.3 is 10.1 Å². The minimum atomic E-state index is -3.54. The van der Waals surface area contributed by atoms with Crippen LogP contribution in [0.2, 0.25) is 0 Å². The Balaban J connectivity index is 2.18. The number of hydrogen-bond acceptors (Lipinski definition) is 4. The molecular formula is C19H24N2O4S. The molecule has 2 aromatic carbocycles. The molecule has 0 saturated carbocycles. The average molecular weight is 376 g/mol. The summed E-state index contributed by atoms with van der Waals surface area (Å²) in [6.07, 6.45) is 1.09. The Hall–Kier alpha value is -2.38. The van der Waals surface area contributed by atoms with Gasteiger partial charge in [0.2, 0.25) is 15.9 Å². The first-order valence-corrected chi connectivity index (χ1v) is 10.1. The zero-order valence-electron chi connectivity index (χ0n) is 15.2. The maximum Gasteiger partial charge on any atom is 0.243 e. The molecule has 6 nitrogen and oxygen atoms in total. The zero-order chi connectivity index (χ0) is 19.2. The van der Waals surface area contributed by atoms with E-state index < -0.39 is 16.1 Å². The van der Waals surface area contributed by atoms with Gasteiger partial charge in [-0.15, -0.1) is 0 Å². The Labute approximate surface area is 154 Å². The van der Waals surface area contributed by atoms with Gasteiger partial charge in [-0.1, -0.05) is 42.5 Å². The highest BCUT2D eigenvalue weighted by atomic mass is 32.2. The molecule has 2 rings (SSSR count). The van der Waals surface area contributed by atoms with Crippen molar-refractivity contribution in [1.82, 2.24) is 9.62 Å². The quantitative estimate of drug-likeness (QED) is 0.767. The first-order chi connectivity index (χ1) is 12.3. The van der Waals surface area contributed by atoms with Gasteiger partial charge in [-0.05, 0) is 30.2 Å². The largest absolute Gasteiger partial charge is 0.494 e. The van der Waals surface area contributed by atoms with Gasteiger partial charge in [-0.3, -0.25) is 4.79 Å². The molecule has 2 aromatic rings. The van der Waals surface area contributed by atoms with Crippen molar-refractivity contribution in [1.29, 1.82) is 0 Å². The van der Waals surface area contributed by atoms with E-state index in [1.165, 1.54) is 7.05 Å². The van der Waals surface area contributed by atoms with E-state index in [0.717, 1.165) is 21.9 Å². The SMILES string of the molecule is CCOc1cccc(CNC(=O)C(c2ccccc2)N(C)S(C)(=O)=O)c1. The maximum absolute atomic E-state index is 12.8. The van der Waals surface area contributed by atoms with Crippen molar-refractivity contribution in [3.05, 3.63) is 65.7 Å². The van der Waals surface area contributed by atoms with Crippen molar-refractivity contribution in [3.63, 3.8) is 0 Å². The van der Waals surface area contributed by atoms with Crippen LogP contribution in [0.3, 0.4) is 0 Å². The molecule has 1 N–H and O–H groups in total. The summed E-state index contributed by atoms with van der Waals surface area (Å²) < 4.78 is 30.5. The molecule has 0 aliphatic carbocycles. The van der Waals surface area contributed by atoms with Crippen molar-refractivity contribution >= 4 is 15.9 Å². The van der Waals surface area contributed by atoms with Crippen LogP contribution in [0.1, 0.15) is 24.1 Å². The van der Waals surface area contributed by atoms with Gasteiger partial charge in [-0.25, -0.2) is 8.42 Å². The molecule has 0 fully saturated rings. The van der Waals surface area contributed by atoms with Crippen LogP contribution in [0.5, 0.6) is 5.75 Å². The second-order valence-electron chi connectivity index (χ2n) is 5.89. The van der Waals surface area contributed by atoms with Gasteiger partial charge in [0.1, 0.15) is 11.8 Å². The predicted octanol–water partition coefficient (Wildman–Crippen LogP) is 2.33. The van der Waals surface area contributed by atoms with Gasteiger partial charge in [0.25, 0.3) is 0 Å². The number of nitrogens with one attached hydrogen (secondary N) is 1. The Morgan fingerprint density at radius 1 is 1.15 bits per heavy atom. The van der Waals surface area contributed by atoms with Crippen molar-refractivity contribution in [2.24, 2.45) is 0 Å². The van der Waals surface area contributed by atoms with E-state index >= 15 is 0 Å². The summed E-state index contributed by atoms with van der Waals surface area (Å²) >= 11 is 0. The van der Waals surface area contributed by atoms with Crippen LogP contribution in [0.15, 0.2) is 54.6 Å². The fourth-order valence-corrected chi connectivity index (χ4v) is 3.15. The lowest BCUT2D eigenvalue weighted by molar-refractivity contribution is -0.124. The highest BCUT2D eigenvalue weighted by Gasteiger charge is 2.30. The first kappa shape index (κ1) is 19.9. The van der Waals surface area contributed by atoms with Crippen LogP contribution in [0.25, 0.3) is 0 Å². The first-order valence-electron chi connectivity index (χ1n) is 8.30. The Bertz CT molecular complexity index is 838. The van der Waals surface area contributed by atoms with Crippen LogP contribution in [0, 0.1) is 0 Å². The van der Waals surface area contributed by atoms with Crippen LogP contribution in [0.4, 0.5) is 0 Å². The number of carbonyl (C=O) groups is 1. The number of carbonyl (C=O) groups excluding carboxylic acids is 1. The third-order valence-corrected chi connectivity index (χ3v) is 5.18. The van der Waals surface area contributed by atoms with Crippen LogP contribution in [-0.4, -0.2) is 38.5 Å². The van der Waals surface area contributed by atoms with Gasteiger partial charge >= 0.3 is 0 Å². The molecule has 7 heteroatoms. The number of likely N-dealkylation sites (N-methyl/N-ethyl adjacent to an activating group) is 1. The topological polar surface area (TPSA) is 75.7 Å². The molecule has 0 aromatic heterocycles. The van der Waals surface area contributed by atoms with E-state index in [9.17, 15) is 13.2 Å². The second kappa shape index (κ2) is 8.82. The molecule has 0 aliphatic rings. The predicted molar refractivity (Wildman–Crippen MR) is 101 cm³/mol. The van der Waals surface area contributed by atoms with Crippen LogP contribution < -0.4 is 10.1 Å². The maximum atomic E-state index is 12.8. The van der Waals surface area contributed by atoms with E-state index in [1.807, 2.05) is 37.3 Å². The highest BCUT2D eigenvalue weighted by molar-refractivity contribution is 7.88. The van der Waals surface area contributed by atoms with Crippen molar-refractivity contribution in [2.45, 2.75) is 19.5 Å². The standard InChI is InChI=1S/C19H24N2O4S/c1-4-25-17-12-8-9-15(13-17)14-20-19(22)18(21(2)26(3,23)24)16-10-6-5-7-11-16/h5-13,18H,4,14H2,1-3H3,(H,20,22). The van der Waals surface area contributed by atoms with Crippen molar-refractivity contribution in [2.75, 3.05) is 19.9 Å². The molecule has 0 aliphatic heterocycles. The summed E-state index contributed by atoms with van der Waals surface area (Å²) in [6.45, 7) is 2.74. The summed E-state index contributed by atoms with van der Waals surface area (Å²) in [5.74, 6) is 0.345. The lowest BCUT2D eigenvalue weighted by Crippen LogP contribution is -2.41. The number of benzene rings is 2. The number of amides is 1. The number of sulfonamides is 1. The summed E-state index contributed by atoms with van der Waals surface area (Å²) in [6, 6.07) is 15.3. The lowest BCUT2D eigenvalue weighted by Gasteiger charge is -2.25. The van der Waals surface area contributed by atoms with Gasteiger partial charge in [-0.2, -0.15) is 4.31 Å². The molecule has 0 heterocycles. The number of rotatable bonds is 8. The smallest absolute Gasteiger partial charge is 0.243 e. The number of hydrogen-bond donors (Lipinski definition) is 1. The molecular weight excluding hydrogens is 352 g/mol. The van der Waals surface area contributed by atoms with Gasteiger partial charge in [0.05, 0.1) is 12.9 Å². The Morgan fingerprint density at radius 2 is 1.85 bits per heavy atom. The molecule has 1 amide bonds. The molecule has 0 bridgehead atoms. The monoisotopic (exact) mass is 376 g/mol. The fourth-order valence-electron chi connectivity index (χ4n) is 2.55. The van der Waals surface area contributed by atoms with E-state index in [-0.39, 0.29) is 12.5 Å². The highest BCUT2D eigenvalue weighted by Crippen LogP contribution is 2.22. The Kier molecular flexibility index (Phi) is 6.76. The Morgan fingerprint density at radius 3 is 2.46 bits per heavy atom. The third-order valence-electron chi connectivity index (χ3n) is 3.93. The molecule has 1 unspecified atom stereocenters. The minimum Gasteiger partial charge on any atom is -0.494 e. The second-order valence-corrected chi connectivity index (χ2v) is 7.93. The third kappa shape index (κ3) is 5.31. The molecule has 1 atom stereocenters. The van der Waals surface area contributed by atoms with Gasteiger partial charge in [0, 0.05) is 13.6 Å². The van der Waals surface area contributed by atoms with Crippen molar-refractivity contribution in [3.8, 4) is 5.75 Å². The van der Waals surface area contributed by atoms with Crippen molar-refractivity contribution < 1.29 is 17.9 Å². The number of nitrogens with zero attached hydrogens (tertiary/aromatic N) is 1. The molecule has 140 valence electrons. The average Bonchev–Trinajstić information content (AvgIpc) is 2.61. The lowest BCUT2D eigenvalue weighted by atomic mass is 10.1. The van der Waals surface area contributed by atoms with E-state index in [1.54, 1.807) is 24.3 Å². The summed E-state index contributed by atoms with van der Waals surface area (Å²) in [7, 11) is -2.13. The van der Waals surface area contributed by atoms with E-state index in [4.69, 9.17) is 4.74 Å². The van der Waals surface area contributed by atoms with Crippen LogP contribution >= 0.6 is 0 Å². The summed E-state index contributed by atoms with van der Waals surface area (Å²) in [5.41, 5.74) is 1.49. The normalized spacial score (nSPS) is 12.6. The van der Waals surface area contributed by atoms with E-state index in [2.05, 4.69) is 5.32 Å². The molecule has 0 radical (unpaired) electrons. The summed E-state index contributed by atoms with van der Waals surface area (Å²) in [4.78, 5) is 12.8. The van der Waals surface area contributed by atoms with E-state index in [0.29, 0.717) is 12.2 Å². The molecule has 0 spiro atoms. The number of ether oxygens (including phenoxy) is 1. The molecule has 26 heavy (non-hydrogen) atoms. The molecule has 0 saturated heterocycles.